The van der Waals surface area contributed by atoms with Gasteiger partial charge in [0.1, 0.15) is 22.2 Å². The fourth-order valence-corrected chi connectivity index (χ4v) is 4.18. The van der Waals surface area contributed by atoms with E-state index >= 15 is 0 Å². The Morgan fingerprint density at radius 2 is 1.84 bits per heavy atom. The zero-order chi connectivity index (χ0) is 23.4. The number of fused-ring (bicyclic) bond motifs is 1. The summed E-state index contributed by atoms with van der Waals surface area (Å²) in [4.78, 5) is 38.4. The van der Waals surface area contributed by atoms with Crippen molar-refractivity contribution in [1.82, 2.24) is 0 Å². The van der Waals surface area contributed by atoms with Crippen LogP contribution in [0.4, 0.5) is 11.4 Å². The average Bonchev–Trinajstić information content (AvgIpc) is 3.13. The molecule has 0 saturated carbocycles. The van der Waals surface area contributed by atoms with Crippen molar-refractivity contribution in [2.75, 3.05) is 32.8 Å². The van der Waals surface area contributed by atoms with Crippen LogP contribution in [0.5, 0.6) is 11.5 Å². The quantitative estimate of drug-likeness (QED) is 0.201. The molecule has 0 spiro atoms. The van der Waals surface area contributed by atoms with E-state index in [4.69, 9.17) is 14.2 Å². The smallest absolute Gasteiger partial charge is 0.345 e. The van der Waals surface area contributed by atoms with Crippen LogP contribution in [-0.2, 0) is 9.53 Å². The average molecular weight is 455 g/mol. The van der Waals surface area contributed by atoms with E-state index in [1.807, 2.05) is 30.3 Å². The molecule has 0 unspecified atom stereocenters. The third-order valence-corrected chi connectivity index (χ3v) is 5.83. The standard InChI is InChI=1S/C21H17N3O7S/c1-23-14-6-4-5-7-19(14)32-20(23)13(10-22)16(25)11-31-21(26)12-8-17(29-2)18(30-3)9-15(12)24(27)28/h4-9H,11H2,1-3H3. The van der Waals surface area contributed by atoms with Gasteiger partial charge in [-0.05, 0) is 12.1 Å². The molecule has 0 aliphatic carbocycles. The molecule has 0 bridgehead atoms. The van der Waals surface area contributed by atoms with E-state index in [9.17, 15) is 25.0 Å². The molecule has 0 aromatic heterocycles. The minimum atomic E-state index is -1.11. The van der Waals surface area contributed by atoms with Crippen LogP contribution < -0.4 is 14.4 Å². The van der Waals surface area contributed by atoms with Gasteiger partial charge < -0.3 is 19.1 Å². The van der Waals surface area contributed by atoms with E-state index in [2.05, 4.69) is 0 Å². The number of hydrogen-bond acceptors (Lipinski definition) is 10. The number of thioether (sulfide) groups is 1. The van der Waals surface area contributed by atoms with Gasteiger partial charge in [-0.1, -0.05) is 23.9 Å². The third-order valence-electron chi connectivity index (χ3n) is 4.60. The number of nitrogens with zero attached hydrogens (tertiary/aromatic N) is 3. The number of para-hydroxylation sites is 1. The maximum Gasteiger partial charge on any atom is 0.345 e. The van der Waals surface area contributed by atoms with Crippen LogP contribution in [0.3, 0.4) is 0 Å². The molecule has 0 N–H and O–H groups in total. The summed E-state index contributed by atoms with van der Waals surface area (Å²) in [6.07, 6.45) is 0. The van der Waals surface area contributed by atoms with Crippen LogP contribution in [0.25, 0.3) is 0 Å². The van der Waals surface area contributed by atoms with Crippen LogP contribution in [-0.4, -0.2) is 44.6 Å². The highest BCUT2D eigenvalue weighted by molar-refractivity contribution is 8.03. The van der Waals surface area contributed by atoms with Crippen LogP contribution in [0.1, 0.15) is 10.4 Å². The summed E-state index contributed by atoms with van der Waals surface area (Å²) in [5.41, 5.74) is -0.318. The number of esters is 1. The number of carbonyl (C=O) groups is 2. The Bertz CT molecular complexity index is 1190. The molecule has 0 atom stereocenters. The first-order valence-corrected chi connectivity index (χ1v) is 9.89. The molecule has 1 aliphatic heterocycles. The molecule has 1 aliphatic rings. The maximum atomic E-state index is 12.7. The van der Waals surface area contributed by atoms with Gasteiger partial charge in [0.05, 0.1) is 30.9 Å². The van der Waals surface area contributed by atoms with Gasteiger partial charge in [-0.25, -0.2) is 4.79 Å². The molecule has 1 heterocycles. The van der Waals surface area contributed by atoms with E-state index in [0.717, 1.165) is 22.7 Å². The largest absolute Gasteiger partial charge is 0.493 e. The van der Waals surface area contributed by atoms with E-state index in [1.165, 1.54) is 26.0 Å². The molecular weight excluding hydrogens is 438 g/mol. The van der Waals surface area contributed by atoms with Gasteiger partial charge in [0.25, 0.3) is 5.69 Å². The van der Waals surface area contributed by atoms with E-state index < -0.39 is 34.5 Å². The Labute approximate surface area is 187 Å². The number of carbonyl (C=O) groups excluding carboxylic acids is 2. The lowest BCUT2D eigenvalue weighted by Crippen LogP contribution is -2.20. The first-order chi connectivity index (χ1) is 15.3. The lowest BCUT2D eigenvalue weighted by Gasteiger charge is -2.14. The molecule has 164 valence electrons. The van der Waals surface area contributed by atoms with Crippen LogP contribution in [0.15, 0.2) is 51.9 Å². The van der Waals surface area contributed by atoms with Gasteiger partial charge in [0.15, 0.2) is 18.1 Å². The number of nitro benzene ring substituents is 1. The molecule has 0 amide bonds. The highest BCUT2D eigenvalue weighted by Gasteiger charge is 2.30. The molecule has 0 saturated heterocycles. The predicted molar refractivity (Wildman–Crippen MR) is 115 cm³/mol. The molecule has 10 nitrogen and oxygen atoms in total. The van der Waals surface area contributed by atoms with Gasteiger partial charge in [0.2, 0.25) is 5.78 Å². The number of anilines is 1. The van der Waals surface area contributed by atoms with Gasteiger partial charge >= 0.3 is 5.97 Å². The number of rotatable bonds is 7. The molecule has 2 aromatic rings. The Morgan fingerprint density at radius 3 is 2.44 bits per heavy atom. The highest BCUT2D eigenvalue weighted by Crippen LogP contribution is 2.46. The number of ether oxygens (including phenoxy) is 3. The lowest BCUT2D eigenvalue weighted by atomic mass is 10.1. The first kappa shape index (κ1) is 22.6. The summed E-state index contributed by atoms with van der Waals surface area (Å²) in [5, 5.41) is 21.3. The van der Waals surface area contributed by atoms with E-state index in [0.29, 0.717) is 5.03 Å². The number of nitro groups is 1. The second kappa shape index (κ2) is 9.40. The third kappa shape index (κ3) is 4.21. The van der Waals surface area contributed by atoms with E-state index in [-0.39, 0.29) is 17.1 Å². The molecule has 2 aromatic carbocycles. The van der Waals surface area contributed by atoms with Crippen molar-refractivity contribution >= 4 is 34.9 Å². The van der Waals surface area contributed by atoms with Gasteiger partial charge in [0, 0.05) is 18.0 Å². The number of ketones is 1. The minimum absolute atomic E-state index is 0.0594. The second-order valence-corrected chi connectivity index (χ2v) is 7.43. The molecule has 0 radical (unpaired) electrons. The van der Waals surface area contributed by atoms with Crippen LogP contribution >= 0.6 is 11.8 Å². The molecular formula is C21H17N3O7S. The summed E-state index contributed by atoms with van der Waals surface area (Å²) < 4.78 is 15.1. The fraction of sp³-hybridized carbons (Fsp3) is 0.190. The second-order valence-electron chi connectivity index (χ2n) is 6.40. The number of Topliss-reactive ketones (excluding diaryl/α,β-unsaturated/α-hetero) is 1. The topological polar surface area (TPSA) is 132 Å². The van der Waals surface area contributed by atoms with Crippen molar-refractivity contribution in [3.8, 4) is 17.6 Å². The molecule has 3 rings (SSSR count). The summed E-state index contributed by atoms with van der Waals surface area (Å²) in [6.45, 7) is -0.762. The number of benzene rings is 2. The maximum absolute atomic E-state index is 12.7. The lowest BCUT2D eigenvalue weighted by molar-refractivity contribution is -0.385. The van der Waals surface area contributed by atoms with Gasteiger partial charge in [-0.2, -0.15) is 5.26 Å². The van der Waals surface area contributed by atoms with Crippen molar-refractivity contribution in [2.45, 2.75) is 4.90 Å². The molecule has 32 heavy (non-hydrogen) atoms. The van der Waals surface area contributed by atoms with Crippen molar-refractivity contribution in [2.24, 2.45) is 0 Å². The van der Waals surface area contributed by atoms with Crippen LogP contribution in [0.2, 0.25) is 0 Å². The normalized spacial score (nSPS) is 13.6. The first-order valence-electron chi connectivity index (χ1n) is 9.08. The zero-order valence-corrected chi connectivity index (χ0v) is 18.1. The predicted octanol–water partition coefficient (Wildman–Crippen LogP) is 3.32. The Balaban J connectivity index is 1.83. The monoisotopic (exact) mass is 455 g/mol. The summed E-state index contributed by atoms with van der Waals surface area (Å²) in [6, 6.07) is 11.4. The van der Waals surface area contributed by atoms with Crippen molar-refractivity contribution < 1.29 is 28.7 Å². The molecule has 11 heteroatoms. The SMILES string of the molecule is COc1cc(C(=O)OCC(=O)C(C#N)=C2Sc3ccccc3N2C)c([N+](=O)[O-])cc1OC. The minimum Gasteiger partial charge on any atom is -0.493 e. The number of nitriles is 1. The summed E-state index contributed by atoms with van der Waals surface area (Å²) >= 11 is 1.25. The number of hydrogen-bond donors (Lipinski definition) is 0. The Morgan fingerprint density at radius 1 is 1.19 bits per heavy atom. The highest BCUT2D eigenvalue weighted by atomic mass is 32.2. The van der Waals surface area contributed by atoms with Gasteiger partial charge in [-0.15, -0.1) is 0 Å². The Kier molecular flexibility index (Phi) is 6.65. The summed E-state index contributed by atoms with van der Waals surface area (Å²) in [7, 11) is 4.32. The fourth-order valence-electron chi connectivity index (χ4n) is 3.01. The van der Waals surface area contributed by atoms with Crippen molar-refractivity contribution in [3.05, 3.63) is 62.7 Å². The molecule has 0 fully saturated rings. The summed E-state index contributed by atoms with van der Waals surface area (Å²) in [5.74, 6) is -1.70. The van der Waals surface area contributed by atoms with Gasteiger partial charge in [-0.3, -0.25) is 14.9 Å². The van der Waals surface area contributed by atoms with Crippen molar-refractivity contribution in [1.29, 1.82) is 5.26 Å². The Hall–Kier alpha value is -4.04. The van der Waals surface area contributed by atoms with E-state index in [1.54, 1.807) is 11.9 Å². The van der Waals surface area contributed by atoms with Crippen LogP contribution in [0, 0.1) is 21.4 Å². The number of methoxy groups -OCH3 is 2. The zero-order valence-electron chi connectivity index (χ0n) is 17.3. The van der Waals surface area contributed by atoms with Crippen molar-refractivity contribution in [3.63, 3.8) is 0 Å².